The van der Waals surface area contributed by atoms with E-state index in [1.165, 1.54) is 18.2 Å². The van der Waals surface area contributed by atoms with Crippen LogP contribution in [0, 0.1) is 16.0 Å². The van der Waals surface area contributed by atoms with Crippen LogP contribution >= 0.6 is 0 Å². The third kappa shape index (κ3) is 5.03. The number of amides is 1. The van der Waals surface area contributed by atoms with Crippen molar-refractivity contribution < 1.29 is 14.5 Å². The van der Waals surface area contributed by atoms with Crippen molar-refractivity contribution in [2.75, 3.05) is 32.1 Å². The molecule has 7 heteroatoms. The van der Waals surface area contributed by atoms with Gasteiger partial charge in [0.25, 0.3) is 11.6 Å². The molecule has 1 atom stereocenters. The van der Waals surface area contributed by atoms with Crippen LogP contribution in [-0.2, 0) is 4.74 Å². The van der Waals surface area contributed by atoms with E-state index in [-0.39, 0.29) is 17.5 Å². The monoisotopic (exact) mass is 295 g/mol. The molecule has 0 fully saturated rings. The number of carbonyl (C=O) groups is 1. The van der Waals surface area contributed by atoms with Crippen LogP contribution < -0.4 is 10.6 Å². The first-order chi connectivity index (χ1) is 9.99. The molecule has 1 aromatic carbocycles. The molecular formula is C14H21N3O4. The lowest BCUT2D eigenvalue weighted by Gasteiger charge is -2.12. The highest BCUT2D eigenvalue weighted by atomic mass is 16.6. The highest BCUT2D eigenvalue weighted by Gasteiger charge is 2.16. The van der Waals surface area contributed by atoms with E-state index in [4.69, 9.17) is 4.74 Å². The van der Waals surface area contributed by atoms with Crippen molar-refractivity contribution in [3.63, 3.8) is 0 Å². The summed E-state index contributed by atoms with van der Waals surface area (Å²) >= 11 is 0. The van der Waals surface area contributed by atoms with Crippen molar-refractivity contribution >= 4 is 17.3 Å². The summed E-state index contributed by atoms with van der Waals surface area (Å²) in [6.45, 7) is 5.38. The van der Waals surface area contributed by atoms with E-state index >= 15 is 0 Å². The van der Waals surface area contributed by atoms with Crippen molar-refractivity contribution in [1.29, 1.82) is 0 Å². The molecule has 7 nitrogen and oxygen atoms in total. The van der Waals surface area contributed by atoms with E-state index in [9.17, 15) is 14.9 Å². The van der Waals surface area contributed by atoms with Crippen LogP contribution in [0.1, 0.15) is 24.2 Å². The molecule has 1 amide bonds. The predicted molar refractivity (Wildman–Crippen MR) is 80.6 cm³/mol. The summed E-state index contributed by atoms with van der Waals surface area (Å²) < 4.78 is 5.00. The first-order valence-corrected chi connectivity index (χ1v) is 6.79. The third-order valence-corrected chi connectivity index (χ3v) is 2.88. The van der Waals surface area contributed by atoms with Crippen LogP contribution in [-0.4, -0.2) is 37.6 Å². The number of anilines is 1. The minimum Gasteiger partial charge on any atom is -0.384 e. The fourth-order valence-corrected chi connectivity index (χ4v) is 1.88. The van der Waals surface area contributed by atoms with E-state index in [0.717, 1.165) is 0 Å². The number of nitro groups is 1. The second kappa shape index (κ2) is 8.21. The quantitative estimate of drug-likeness (QED) is 0.565. The van der Waals surface area contributed by atoms with Crippen molar-refractivity contribution in [2.24, 2.45) is 5.92 Å². The zero-order chi connectivity index (χ0) is 15.8. The van der Waals surface area contributed by atoms with Crippen LogP contribution in [0.5, 0.6) is 0 Å². The third-order valence-electron chi connectivity index (χ3n) is 2.88. The first-order valence-electron chi connectivity index (χ1n) is 6.79. The van der Waals surface area contributed by atoms with E-state index in [2.05, 4.69) is 10.6 Å². The Bertz CT molecular complexity index is 505. The summed E-state index contributed by atoms with van der Waals surface area (Å²) in [6.07, 6.45) is 0. The van der Waals surface area contributed by atoms with E-state index < -0.39 is 4.92 Å². The van der Waals surface area contributed by atoms with Gasteiger partial charge in [0.2, 0.25) is 0 Å². The van der Waals surface area contributed by atoms with Gasteiger partial charge in [0, 0.05) is 31.8 Å². The van der Waals surface area contributed by atoms with Gasteiger partial charge in [0.15, 0.2) is 0 Å². The lowest BCUT2D eigenvalue weighted by atomic mass is 10.1. The second-order valence-corrected chi connectivity index (χ2v) is 4.79. The van der Waals surface area contributed by atoms with Crippen molar-refractivity contribution in [1.82, 2.24) is 5.32 Å². The molecule has 116 valence electrons. The molecule has 0 heterocycles. The lowest BCUT2D eigenvalue weighted by molar-refractivity contribution is -0.384. The molecule has 1 rings (SSSR count). The summed E-state index contributed by atoms with van der Waals surface area (Å²) in [6, 6.07) is 4.29. The van der Waals surface area contributed by atoms with Gasteiger partial charge in [-0.15, -0.1) is 0 Å². The number of ether oxygens (including phenoxy) is 1. The zero-order valence-electron chi connectivity index (χ0n) is 12.5. The largest absolute Gasteiger partial charge is 0.384 e. The molecule has 0 saturated heterocycles. The van der Waals surface area contributed by atoms with Gasteiger partial charge in [-0.25, -0.2) is 0 Å². The van der Waals surface area contributed by atoms with Gasteiger partial charge < -0.3 is 15.4 Å². The van der Waals surface area contributed by atoms with Crippen LogP contribution in [0.3, 0.4) is 0 Å². The molecule has 1 aromatic rings. The number of nitro benzene ring substituents is 1. The zero-order valence-corrected chi connectivity index (χ0v) is 12.5. The van der Waals surface area contributed by atoms with Gasteiger partial charge in [0.1, 0.15) is 5.69 Å². The maximum Gasteiger partial charge on any atom is 0.292 e. The van der Waals surface area contributed by atoms with Crippen molar-refractivity contribution in [3.05, 3.63) is 33.9 Å². The fourth-order valence-electron chi connectivity index (χ4n) is 1.88. The number of nitrogens with zero attached hydrogens (tertiary/aromatic N) is 1. The number of carbonyl (C=O) groups excluding carboxylic acids is 1. The normalized spacial score (nSPS) is 11.8. The Morgan fingerprint density at radius 3 is 2.76 bits per heavy atom. The van der Waals surface area contributed by atoms with Crippen LogP contribution in [0.25, 0.3) is 0 Å². The van der Waals surface area contributed by atoms with Gasteiger partial charge in [-0.05, 0) is 25.0 Å². The number of nitrogens with one attached hydrogen (secondary N) is 2. The topological polar surface area (TPSA) is 93.5 Å². The Morgan fingerprint density at radius 1 is 1.48 bits per heavy atom. The molecule has 0 saturated carbocycles. The highest BCUT2D eigenvalue weighted by molar-refractivity contribution is 5.95. The van der Waals surface area contributed by atoms with E-state index in [1.54, 1.807) is 7.11 Å². The van der Waals surface area contributed by atoms with Crippen molar-refractivity contribution in [3.8, 4) is 0 Å². The number of methoxy groups -OCH3 is 1. The maximum absolute atomic E-state index is 12.0. The maximum atomic E-state index is 12.0. The summed E-state index contributed by atoms with van der Waals surface area (Å²) in [7, 11) is 1.61. The minimum absolute atomic E-state index is 0.0406. The standard InChI is InChI=1S/C14H21N3O4/c1-4-15-12-7-11(5-6-13(12)17(19)20)14(18)16-8-10(2)9-21-3/h5-7,10,15H,4,8-9H2,1-3H3,(H,16,18). The lowest BCUT2D eigenvalue weighted by Crippen LogP contribution is -2.29. The molecule has 0 aliphatic carbocycles. The molecule has 0 bridgehead atoms. The average molecular weight is 295 g/mol. The Balaban J connectivity index is 2.80. The first kappa shape index (κ1) is 16.9. The van der Waals surface area contributed by atoms with Gasteiger partial charge >= 0.3 is 0 Å². The number of hydrogen-bond acceptors (Lipinski definition) is 5. The van der Waals surface area contributed by atoms with Crippen LogP contribution in [0.2, 0.25) is 0 Å². The molecule has 0 aliphatic heterocycles. The van der Waals surface area contributed by atoms with Gasteiger partial charge in [-0.2, -0.15) is 0 Å². The van der Waals surface area contributed by atoms with Crippen molar-refractivity contribution in [2.45, 2.75) is 13.8 Å². The number of hydrogen-bond donors (Lipinski definition) is 2. The Labute approximate surface area is 123 Å². The minimum atomic E-state index is -0.472. The molecule has 0 aromatic heterocycles. The van der Waals surface area contributed by atoms with Crippen LogP contribution in [0.4, 0.5) is 11.4 Å². The number of benzene rings is 1. The summed E-state index contributed by atoms with van der Waals surface area (Å²) in [5.41, 5.74) is 0.697. The summed E-state index contributed by atoms with van der Waals surface area (Å²) in [4.78, 5) is 22.5. The number of rotatable bonds is 8. The second-order valence-electron chi connectivity index (χ2n) is 4.79. The molecule has 0 aliphatic rings. The van der Waals surface area contributed by atoms with E-state index in [1.807, 2.05) is 13.8 Å². The molecule has 1 unspecified atom stereocenters. The predicted octanol–water partition coefficient (Wildman–Crippen LogP) is 2.04. The van der Waals surface area contributed by atoms with E-state index in [0.29, 0.717) is 30.9 Å². The molecule has 2 N–H and O–H groups in total. The smallest absolute Gasteiger partial charge is 0.292 e. The average Bonchev–Trinajstić information content (AvgIpc) is 2.45. The van der Waals surface area contributed by atoms with Crippen LogP contribution in [0.15, 0.2) is 18.2 Å². The Morgan fingerprint density at radius 2 is 2.19 bits per heavy atom. The summed E-state index contributed by atoms with van der Waals surface area (Å²) in [5, 5.41) is 16.6. The molecule has 0 spiro atoms. The highest BCUT2D eigenvalue weighted by Crippen LogP contribution is 2.25. The van der Waals surface area contributed by atoms with Gasteiger partial charge in [-0.3, -0.25) is 14.9 Å². The SMILES string of the molecule is CCNc1cc(C(=O)NCC(C)COC)ccc1[N+](=O)[O-]. The molecule has 21 heavy (non-hydrogen) atoms. The Hall–Kier alpha value is -2.15. The molecular weight excluding hydrogens is 274 g/mol. The van der Waals surface area contributed by atoms with Gasteiger partial charge in [0.05, 0.1) is 11.5 Å². The molecule has 0 radical (unpaired) electrons. The van der Waals surface area contributed by atoms with Gasteiger partial charge in [-0.1, -0.05) is 6.92 Å². The summed E-state index contributed by atoms with van der Waals surface area (Å²) in [5.74, 6) is -0.0581. The fraction of sp³-hybridized carbons (Fsp3) is 0.500. The Kier molecular flexibility index (Phi) is 6.61.